The van der Waals surface area contributed by atoms with Crippen LogP contribution < -0.4 is 5.32 Å². The molecule has 0 saturated heterocycles. The molecule has 0 bridgehead atoms. The smallest absolute Gasteiger partial charge is 0.405 e. The molecular formula is C11H12BrNO2. The lowest BCUT2D eigenvalue weighted by atomic mass is 10.0. The van der Waals surface area contributed by atoms with Crippen LogP contribution in [0.4, 0.5) is 4.79 Å². The zero-order valence-corrected chi connectivity index (χ0v) is 9.75. The summed E-state index contributed by atoms with van der Waals surface area (Å²) in [5, 5.41) is 11.3. The van der Waals surface area contributed by atoms with Gasteiger partial charge in [-0.1, -0.05) is 28.1 Å². The van der Waals surface area contributed by atoms with E-state index in [0.717, 1.165) is 23.7 Å². The Kier molecular flexibility index (Phi) is 2.69. The van der Waals surface area contributed by atoms with Crippen LogP contribution in [0.15, 0.2) is 28.7 Å². The molecule has 1 aliphatic carbocycles. The highest BCUT2D eigenvalue weighted by Crippen LogP contribution is 2.38. The molecule has 1 saturated carbocycles. The maximum atomic E-state index is 10.6. The molecule has 0 aliphatic heterocycles. The van der Waals surface area contributed by atoms with Crippen LogP contribution >= 0.6 is 15.9 Å². The quantitative estimate of drug-likeness (QED) is 0.887. The summed E-state index contributed by atoms with van der Waals surface area (Å²) in [5.74, 6) is 0. The van der Waals surface area contributed by atoms with Gasteiger partial charge in [0.25, 0.3) is 0 Å². The Morgan fingerprint density at radius 1 is 1.40 bits per heavy atom. The maximum Gasteiger partial charge on any atom is 0.405 e. The van der Waals surface area contributed by atoms with E-state index in [1.165, 1.54) is 5.56 Å². The van der Waals surface area contributed by atoms with Gasteiger partial charge in [0.1, 0.15) is 0 Å². The van der Waals surface area contributed by atoms with Crippen molar-refractivity contribution in [1.29, 1.82) is 0 Å². The van der Waals surface area contributed by atoms with E-state index in [0.29, 0.717) is 0 Å². The highest BCUT2D eigenvalue weighted by Gasteiger charge is 2.43. The van der Waals surface area contributed by atoms with Crippen molar-refractivity contribution in [3.63, 3.8) is 0 Å². The van der Waals surface area contributed by atoms with Gasteiger partial charge >= 0.3 is 6.09 Å². The summed E-state index contributed by atoms with van der Waals surface area (Å²) in [5.41, 5.74) is 0.976. The molecule has 1 aromatic rings. The van der Waals surface area contributed by atoms with Crippen LogP contribution in [0.25, 0.3) is 0 Å². The van der Waals surface area contributed by atoms with E-state index in [9.17, 15) is 4.79 Å². The Balaban J connectivity index is 2.02. The van der Waals surface area contributed by atoms with E-state index in [1.807, 2.05) is 24.3 Å². The maximum absolute atomic E-state index is 10.6. The first kappa shape index (κ1) is 10.5. The summed E-state index contributed by atoms with van der Waals surface area (Å²) in [6.07, 6.45) is 1.74. The SMILES string of the molecule is O=C(O)NC1(Cc2ccc(Br)cc2)CC1. The first-order valence-corrected chi connectivity index (χ1v) is 5.65. The molecule has 1 fully saturated rings. The van der Waals surface area contributed by atoms with Crippen molar-refractivity contribution >= 4 is 22.0 Å². The molecule has 1 aliphatic rings. The Morgan fingerprint density at radius 3 is 2.47 bits per heavy atom. The Labute approximate surface area is 96.6 Å². The molecule has 0 spiro atoms. The topological polar surface area (TPSA) is 49.3 Å². The average molecular weight is 270 g/mol. The fraction of sp³-hybridized carbons (Fsp3) is 0.364. The predicted octanol–water partition coefficient (Wildman–Crippen LogP) is 2.79. The predicted molar refractivity (Wildman–Crippen MR) is 61.0 cm³/mol. The highest BCUT2D eigenvalue weighted by atomic mass is 79.9. The number of halogens is 1. The fourth-order valence-electron chi connectivity index (χ4n) is 1.72. The lowest BCUT2D eigenvalue weighted by Crippen LogP contribution is -2.37. The molecular weight excluding hydrogens is 258 g/mol. The summed E-state index contributed by atoms with van der Waals surface area (Å²) < 4.78 is 1.04. The molecule has 4 heteroatoms. The number of carboxylic acid groups (broad SMARTS) is 1. The minimum Gasteiger partial charge on any atom is -0.465 e. The van der Waals surface area contributed by atoms with Gasteiger partial charge in [0.2, 0.25) is 0 Å². The lowest BCUT2D eigenvalue weighted by molar-refractivity contribution is 0.188. The molecule has 1 amide bonds. The second-order valence-electron chi connectivity index (χ2n) is 4.01. The molecule has 0 radical (unpaired) electrons. The molecule has 3 nitrogen and oxygen atoms in total. The van der Waals surface area contributed by atoms with Gasteiger partial charge in [0, 0.05) is 10.0 Å². The third-order valence-electron chi connectivity index (χ3n) is 2.68. The zero-order chi connectivity index (χ0) is 10.9. The number of amides is 1. The van der Waals surface area contributed by atoms with Crippen molar-refractivity contribution in [2.45, 2.75) is 24.8 Å². The second-order valence-corrected chi connectivity index (χ2v) is 4.93. The van der Waals surface area contributed by atoms with Gasteiger partial charge in [0.05, 0.1) is 0 Å². The first-order chi connectivity index (χ1) is 7.10. The fourth-order valence-corrected chi connectivity index (χ4v) is 1.98. The van der Waals surface area contributed by atoms with Crippen LogP contribution in [0.3, 0.4) is 0 Å². The Hall–Kier alpha value is -1.03. The van der Waals surface area contributed by atoms with Gasteiger partial charge in [-0.2, -0.15) is 0 Å². The molecule has 0 heterocycles. The number of hydrogen-bond acceptors (Lipinski definition) is 1. The van der Waals surface area contributed by atoms with Crippen LogP contribution in [-0.4, -0.2) is 16.7 Å². The van der Waals surface area contributed by atoms with Crippen LogP contribution in [0.5, 0.6) is 0 Å². The average Bonchev–Trinajstić information content (AvgIpc) is 2.88. The van der Waals surface area contributed by atoms with E-state index in [-0.39, 0.29) is 5.54 Å². The van der Waals surface area contributed by atoms with E-state index >= 15 is 0 Å². The van der Waals surface area contributed by atoms with Crippen LogP contribution in [0.1, 0.15) is 18.4 Å². The Morgan fingerprint density at radius 2 is 2.00 bits per heavy atom. The third kappa shape index (κ3) is 2.72. The van der Waals surface area contributed by atoms with Crippen molar-refractivity contribution in [2.75, 3.05) is 0 Å². The minimum absolute atomic E-state index is 0.195. The normalized spacial score (nSPS) is 17.1. The van der Waals surface area contributed by atoms with Crippen LogP contribution in [0, 0.1) is 0 Å². The van der Waals surface area contributed by atoms with Gasteiger partial charge < -0.3 is 10.4 Å². The Bertz CT molecular complexity index is 371. The molecule has 0 aromatic heterocycles. The van der Waals surface area contributed by atoms with Crippen molar-refractivity contribution in [3.8, 4) is 0 Å². The lowest BCUT2D eigenvalue weighted by Gasteiger charge is -2.14. The second kappa shape index (κ2) is 3.85. The summed E-state index contributed by atoms with van der Waals surface area (Å²) in [7, 11) is 0. The van der Waals surface area contributed by atoms with Gasteiger partial charge in [-0.05, 0) is 37.0 Å². The molecule has 2 N–H and O–H groups in total. The monoisotopic (exact) mass is 269 g/mol. The number of rotatable bonds is 3. The van der Waals surface area contributed by atoms with Gasteiger partial charge in [-0.15, -0.1) is 0 Å². The summed E-state index contributed by atoms with van der Waals surface area (Å²) in [6, 6.07) is 8.00. The van der Waals surface area contributed by atoms with Crippen molar-refractivity contribution < 1.29 is 9.90 Å². The molecule has 15 heavy (non-hydrogen) atoms. The van der Waals surface area contributed by atoms with Crippen molar-refractivity contribution in [1.82, 2.24) is 5.32 Å². The van der Waals surface area contributed by atoms with E-state index < -0.39 is 6.09 Å². The molecule has 80 valence electrons. The molecule has 2 rings (SSSR count). The molecule has 1 aromatic carbocycles. The molecule has 0 unspecified atom stereocenters. The van der Waals surface area contributed by atoms with Gasteiger partial charge in [-0.3, -0.25) is 0 Å². The number of carbonyl (C=O) groups is 1. The number of nitrogens with one attached hydrogen (secondary N) is 1. The highest BCUT2D eigenvalue weighted by molar-refractivity contribution is 9.10. The number of hydrogen-bond donors (Lipinski definition) is 2. The number of benzene rings is 1. The summed E-state index contributed by atoms with van der Waals surface area (Å²) in [6.45, 7) is 0. The minimum atomic E-state index is -0.926. The largest absolute Gasteiger partial charge is 0.465 e. The first-order valence-electron chi connectivity index (χ1n) is 4.85. The summed E-state index contributed by atoms with van der Waals surface area (Å²) >= 11 is 3.37. The van der Waals surface area contributed by atoms with Gasteiger partial charge in [-0.25, -0.2) is 4.79 Å². The van der Waals surface area contributed by atoms with Gasteiger partial charge in [0.15, 0.2) is 0 Å². The van der Waals surface area contributed by atoms with Crippen LogP contribution in [0.2, 0.25) is 0 Å². The zero-order valence-electron chi connectivity index (χ0n) is 8.16. The van der Waals surface area contributed by atoms with Crippen molar-refractivity contribution in [3.05, 3.63) is 34.3 Å². The summed E-state index contributed by atoms with van der Waals surface area (Å²) in [4.78, 5) is 10.6. The standard InChI is InChI=1S/C11H12BrNO2/c12-9-3-1-8(2-4-9)7-11(5-6-11)13-10(14)15/h1-4,13H,5-7H2,(H,14,15). The third-order valence-corrected chi connectivity index (χ3v) is 3.21. The van der Waals surface area contributed by atoms with Crippen LogP contribution in [-0.2, 0) is 6.42 Å². The van der Waals surface area contributed by atoms with Crippen molar-refractivity contribution in [2.24, 2.45) is 0 Å². The van der Waals surface area contributed by atoms with E-state index in [2.05, 4.69) is 21.2 Å². The van der Waals surface area contributed by atoms with E-state index in [4.69, 9.17) is 5.11 Å². The molecule has 0 atom stereocenters. The van der Waals surface area contributed by atoms with E-state index in [1.54, 1.807) is 0 Å².